The number of likely N-dealkylation sites (N-methyl/N-ethyl adjacent to an activating group) is 1. The monoisotopic (exact) mass is 383 g/mol. The second kappa shape index (κ2) is 8.95. The van der Waals surface area contributed by atoms with Crippen molar-refractivity contribution in [1.82, 2.24) is 14.8 Å². The van der Waals surface area contributed by atoms with Crippen LogP contribution in [0.2, 0.25) is 0 Å². The average molecular weight is 383 g/mol. The van der Waals surface area contributed by atoms with E-state index in [9.17, 15) is 14.7 Å². The number of methoxy groups -OCH3 is 1. The van der Waals surface area contributed by atoms with E-state index in [4.69, 9.17) is 4.74 Å². The van der Waals surface area contributed by atoms with E-state index in [1.165, 1.54) is 7.11 Å². The second-order valence-corrected chi connectivity index (χ2v) is 6.91. The Morgan fingerprint density at radius 3 is 2.43 bits per heavy atom. The Balaban J connectivity index is 1.84. The number of aliphatic hydroxyl groups is 1. The fraction of sp³-hybridized carbons (Fsp3) is 0.381. The maximum absolute atomic E-state index is 12.7. The lowest BCUT2D eigenvalue weighted by atomic mass is 9.74. The number of nitrogens with zero attached hydrogens (tertiary/aromatic N) is 3. The van der Waals surface area contributed by atoms with Gasteiger partial charge in [0.1, 0.15) is 6.61 Å². The van der Waals surface area contributed by atoms with E-state index in [1.54, 1.807) is 41.4 Å². The van der Waals surface area contributed by atoms with Crippen LogP contribution in [-0.2, 0) is 9.53 Å². The van der Waals surface area contributed by atoms with Gasteiger partial charge in [0.2, 0.25) is 5.91 Å². The first kappa shape index (κ1) is 20.0. The van der Waals surface area contributed by atoms with Gasteiger partial charge in [0.15, 0.2) is 0 Å². The van der Waals surface area contributed by atoms with Gasteiger partial charge in [-0.1, -0.05) is 30.3 Å². The van der Waals surface area contributed by atoms with Crippen LogP contribution in [0.4, 0.5) is 0 Å². The predicted molar refractivity (Wildman–Crippen MR) is 104 cm³/mol. The molecule has 7 nitrogen and oxygen atoms in total. The van der Waals surface area contributed by atoms with Crippen molar-refractivity contribution in [3.05, 3.63) is 66.0 Å². The summed E-state index contributed by atoms with van der Waals surface area (Å²) in [6.45, 7) is 0.150. The molecule has 0 bridgehead atoms. The summed E-state index contributed by atoms with van der Waals surface area (Å²) in [7, 11) is 3.18. The molecule has 1 aliphatic rings. The predicted octanol–water partition coefficient (Wildman–Crippen LogP) is 1.16. The van der Waals surface area contributed by atoms with Crippen molar-refractivity contribution in [3.63, 3.8) is 0 Å². The molecule has 1 saturated heterocycles. The summed E-state index contributed by atoms with van der Waals surface area (Å²) < 4.78 is 5.00. The van der Waals surface area contributed by atoms with Gasteiger partial charge in [-0.3, -0.25) is 14.6 Å². The lowest BCUT2D eigenvalue weighted by Crippen LogP contribution is -2.69. The molecule has 7 heteroatoms. The minimum atomic E-state index is -0.334. The molecule has 0 radical (unpaired) electrons. The first-order chi connectivity index (χ1) is 13.6. The number of amides is 2. The largest absolute Gasteiger partial charge is 0.394 e. The molecule has 0 saturated carbocycles. The number of ether oxygens (including phenoxy) is 1. The number of carbonyl (C=O) groups excluding carboxylic acids is 2. The van der Waals surface area contributed by atoms with Crippen LogP contribution in [0, 0.1) is 0 Å². The molecule has 1 aliphatic heterocycles. The highest BCUT2D eigenvalue weighted by Gasteiger charge is 2.51. The Morgan fingerprint density at radius 2 is 1.82 bits per heavy atom. The Labute approximate surface area is 164 Å². The Hall–Kier alpha value is -2.77. The smallest absolute Gasteiger partial charge is 0.253 e. The molecule has 2 heterocycles. The normalized spacial score (nSPS) is 21.1. The van der Waals surface area contributed by atoms with Crippen LogP contribution in [0.3, 0.4) is 0 Å². The highest BCUT2D eigenvalue weighted by atomic mass is 16.5. The fourth-order valence-electron chi connectivity index (χ4n) is 3.92. The SMILES string of the molecule is COCC(=O)N1[C@@H](CO)[C@H](c2ccccc2)[C@@H]1CN(C)C(=O)c1ccncc1. The first-order valence-electron chi connectivity index (χ1n) is 9.19. The van der Waals surface area contributed by atoms with E-state index in [1.807, 2.05) is 30.3 Å². The Bertz CT molecular complexity index is 800. The van der Waals surface area contributed by atoms with Crippen molar-refractivity contribution < 1.29 is 19.4 Å². The summed E-state index contributed by atoms with van der Waals surface area (Å²) in [4.78, 5) is 32.5. The van der Waals surface area contributed by atoms with Crippen LogP contribution in [0.15, 0.2) is 54.9 Å². The summed E-state index contributed by atoms with van der Waals surface area (Å²) in [5, 5.41) is 9.92. The highest BCUT2D eigenvalue weighted by molar-refractivity contribution is 5.94. The van der Waals surface area contributed by atoms with Gasteiger partial charge >= 0.3 is 0 Å². The molecule has 1 fully saturated rings. The van der Waals surface area contributed by atoms with E-state index in [0.717, 1.165) is 5.56 Å². The summed E-state index contributed by atoms with van der Waals surface area (Å²) in [6, 6.07) is 12.5. The van der Waals surface area contributed by atoms with Gasteiger partial charge in [-0.05, 0) is 17.7 Å². The quantitative estimate of drug-likeness (QED) is 0.776. The number of pyridine rings is 1. The van der Waals surface area contributed by atoms with Crippen LogP contribution >= 0.6 is 0 Å². The summed E-state index contributed by atoms with van der Waals surface area (Å²) >= 11 is 0. The molecule has 0 aliphatic carbocycles. The standard InChI is InChI=1S/C21H25N3O4/c1-23(21(27)16-8-10-22-11-9-16)12-17-20(15-6-4-3-5-7-15)18(13-25)24(17)19(26)14-28-2/h3-11,17-18,20,25H,12-14H2,1-2H3/t17-,18-,20+/m0/s1. The number of rotatable bonds is 7. The zero-order valence-electron chi connectivity index (χ0n) is 16.1. The van der Waals surface area contributed by atoms with Gasteiger partial charge in [0.05, 0.1) is 18.7 Å². The van der Waals surface area contributed by atoms with Crippen molar-refractivity contribution >= 4 is 11.8 Å². The lowest BCUT2D eigenvalue weighted by molar-refractivity contribution is -0.155. The van der Waals surface area contributed by atoms with Crippen LogP contribution in [0.5, 0.6) is 0 Å². The maximum atomic E-state index is 12.7. The van der Waals surface area contributed by atoms with Gasteiger partial charge in [-0.2, -0.15) is 0 Å². The minimum Gasteiger partial charge on any atom is -0.394 e. The lowest BCUT2D eigenvalue weighted by Gasteiger charge is -2.55. The molecule has 0 spiro atoms. The highest BCUT2D eigenvalue weighted by Crippen LogP contribution is 2.41. The Morgan fingerprint density at radius 1 is 1.14 bits per heavy atom. The number of hydrogen-bond acceptors (Lipinski definition) is 5. The van der Waals surface area contributed by atoms with Crippen LogP contribution in [-0.4, -0.2) is 77.7 Å². The van der Waals surface area contributed by atoms with E-state index < -0.39 is 0 Å². The summed E-state index contributed by atoms with van der Waals surface area (Å²) in [5.41, 5.74) is 1.58. The third kappa shape index (κ3) is 3.90. The third-order valence-corrected chi connectivity index (χ3v) is 5.21. The van der Waals surface area contributed by atoms with Crippen LogP contribution in [0.25, 0.3) is 0 Å². The summed E-state index contributed by atoms with van der Waals surface area (Å²) in [5.74, 6) is -0.385. The molecule has 0 unspecified atom stereocenters. The number of likely N-dealkylation sites (tertiary alicyclic amines) is 1. The van der Waals surface area contributed by atoms with Crippen molar-refractivity contribution in [2.24, 2.45) is 0 Å². The molecule has 3 rings (SSSR count). The van der Waals surface area contributed by atoms with Gasteiger partial charge < -0.3 is 19.6 Å². The van der Waals surface area contributed by atoms with Gasteiger partial charge in [0, 0.05) is 44.6 Å². The Kier molecular flexibility index (Phi) is 6.38. The minimum absolute atomic E-state index is 0.0558. The van der Waals surface area contributed by atoms with E-state index in [2.05, 4.69) is 4.98 Å². The molecular formula is C21H25N3O4. The van der Waals surface area contributed by atoms with Crippen LogP contribution in [0.1, 0.15) is 21.8 Å². The van der Waals surface area contributed by atoms with Gasteiger partial charge in [-0.15, -0.1) is 0 Å². The zero-order valence-corrected chi connectivity index (χ0v) is 16.1. The average Bonchev–Trinajstić information content (AvgIpc) is 2.71. The molecule has 28 heavy (non-hydrogen) atoms. The third-order valence-electron chi connectivity index (χ3n) is 5.21. The number of carbonyl (C=O) groups is 2. The summed E-state index contributed by atoms with van der Waals surface area (Å²) in [6.07, 6.45) is 3.15. The van der Waals surface area contributed by atoms with Crippen molar-refractivity contribution in [3.8, 4) is 0 Å². The number of benzene rings is 1. The topological polar surface area (TPSA) is 83.0 Å². The van der Waals surface area contributed by atoms with Crippen LogP contribution < -0.4 is 0 Å². The molecule has 2 aromatic rings. The number of aliphatic hydroxyl groups excluding tert-OH is 1. The van der Waals surface area contributed by atoms with Crippen molar-refractivity contribution in [2.45, 2.75) is 18.0 Å². The number of hydrogen-bond donors (Lipinski definition) is 1. The molecule has 1 N–H and O–H groups in total. The van der Waals surface area contributed by atoms with Gasteiger partial charge in [0.25, 0.3) is 5.91 Å². The maximum Gasteiger partial charge on any atom is 0.253 e. The molecule has 3 atom stereocenters. The second-order valence-electron chi connectivity index (χ2n) is 6.91. The van der Waals surface area contributed by atoms with E-state index in [-0.39, 0.29) is 43.0 Å². The molecule has 1 aromatic heterocycles. The van der Waals surface area contributed by atoms with Crippen molar-refractivity contribution in [2.75, 3.05) is 33.9 Å². The van der Waals surface area contributed by atoms with Gasteiger partial charge in [-0.25, -0.2) is 0 Å². The molecular weight excluding hydrogens is 358 g/mol. The fourth-order valence-corrected chi connectivity index (χ4v) is 3.92. The number of aromatic nitrogens is 1. The van der Waals surface area contributed by atoms with Crippen molar-refractivity contribution in [1.29, 1.82) is 0 Å². The molecule has 148 valence electrons. The molecule has 2 amide bonds. The first-order valence-corrected chi connectivity index (χ1v) is 9.19. The van der Waals surface area contributed by atoms with E-state index >= 15 is 0 Å². The molecule has 1 aromatic carbocycles. The van der Waals surface area contributed by atoms with E-state index in [0.29, 0.717) is 12.1 Å². The zero-order chi connectivity index (χ0) is 20.1.